The largest absolute Gasteiger partial charge is 0.411 e. The first-order chi connectivity index (χ1) is 12.1. The van der Waals surface area contributed by atoms with Crippen LogP contribution in [0.2, 0.25) is 5.02 Å². The van der Waals surface area contributed by atoms with Crippen molar-refractivity contribution < 1.29 is 14.0 Å². The lowest BCUT2D eigenvalue weighted by atomic mass is 10.2. The predicted molar refractivity (Wildman–Crippen MR) is 95.4 cm³/mol. The molecular weight excluding hydrogens is 384 g/mol. The van der Waals surface area contributed by atoms with Crippen molar-refractivity contribution in [2.75, 3.05) is 5.75 Å². The van der Waals surface area contributed by atoms with Crippen LogP contribution in [0.15, 0.2) is 51.4 Å². The van der Waals surface area contributed by atoms with E-state index in [0.717, 1.165) is 17.3 Å². The number of hydrogen-bond acceptors (Lipinski definition) is 7. The number of amides is 2. The minimum Gasteiger partial charge on any atom is -0.411 e. The fraction of sp³-hybridized carbons (Fsp3) is 0.0667. The molecule has 0 saturated carbocycles. The maximum absolute atomic E-state index is 11.8. The second-order valence-electron chi connectivity index (χ2n) is 4.65. The summed E-state index contributed by atoms with van der Waals surface area (Å²) < 4.78 is 5.48. The summed E-state index contributed by atoms with van der Waals surface area (Å²) in [6.07, 6.45) is 0. The van der Waals surface area contributed by atoms with Gasteiger partial charge in [0.15, 0.2) is 0 Å². The van der Waals surface area contributed by atoms with Gasteiger partial charge in [0.05, 0.1) is 10.6 Å². The average molecular weight is 395 g/mol. The highest BCUT2D eigenvalue weighted by atomic mass is 35.5. The van der Waals surface area contributed by atoms with Gasteiger partial charge in [0.1, 0.15) is 0 Å². The summed E-state index contributed by atoms with van der Waals surface area (Å²) in [5, 5.41) is 10.4. The van der Waals surface area contributed by atoms with E-state index in [4.69, 9.17) is 16.0 Å². The Balaban J connectivity index is 1.48. The van der Waals surface area contributed by atoms with E-state index in [2.05, 4.69) is 21.0 Å². The number of carbonyl (C=O) groups excluding carboxylic acids is 2. The van der Waals surface area contributed by atoms with Gasteiger partial charge in [-0.15, -0.1) is 21.5 Å². The molecule has 0 spiro atoms. The van der Waals surface area contributed by atoms with Crippen LogP contribution in [-0.2, 0) is 4.79 Å². The fourth-order valence-electron chi connectivity index (χ4n) is 1.74. The molecule has 0 atom stereocenters. The summed E-state index contributed by atoms with van der Waals surface area (Å²) in [6.45, 7) is 0. The van der Waals surface area contributed by atoms with Gasteiger partial charge in [-0.3, -0.25) is 20.4 Å². The molecule has 10 heteroatoms. The van der Waals surface area contributed by atoms with Crippen molar-refractivity contribution >= 4 is 46.5 Å². The minimum atomic E-state index is -0.388. The van der Waals surface area contributed by atoms with Crippen molar-refractivity contribution in [2.24, 2.45) is 0 Å². The molecule has 2 N–H and O–H groups in total. The summed E-state index contributed by atoms with van der Waals surface area (Å²) in [5.41, 5.74) is 5.40. The number of aromatic nitrogens is 2. The van der Waals surface area contributed by atoms with Crippen LogP contribution >= 0.6 is 34.7 Å². The minimum absolute atomic E-state index is 0.0208. The highest BCUT2D eigenvalue weighted by Crippen LogP contribution is 2.24. The van der Waals surface area contributed by atoms with E-state index < -0.39 is 0 Å². The molecule has 1 aromatic carbocycles. The van der Waals surface area contributed by atoms with Gasteiger partial charge >= 0.3 is 0 Å². The lowest BCUT2D eigenvalue weighted by Gasteiger charge is -2.04. The number of nitrogens with zero attached hydrogens (tertiary/aromatic N) is 2. The molecule has 0 aliphatic rings. The van der Waals surface area contributed by atoms with Crippen LogP contribution in [0.1, 0.15) is 9.67 Å². The molecule has 0 bridgehead atoms. The number of hydrogen-bond donors (Lipinski definition) is 2. The Labute approximate surface area is 155 Å². The first-order valence-corrected chi connectivity index (χ1v) is 9.21. The van der Waals surface area contributed by atoms with Gasteiger partial charge in [0.2, 0.25) is 11.8 Å². The van der Waals surface area contributed by atoms with Crippen LogP contribution in [0.3, 0.4) is 0 Å². The molecule has 0 aliphatic carbocycles. The summed E-state index contributed by atoms with van der Waals surface area (Å²) in [6, 6.07) is 10.4. The molecule has 0 saturated heterocycles. The van der Waals surface area contributed by atoms with E-state index in [1.54, 1.807) is 41.8 Å². The van der Waals surface area contributed by atoms with Crippen LogP contribution in [0.4, 0.5) is 0 Å². The molecule has 7 nitrogen and oxygen atoms in total. The number of thioether (sulfide) groups is 1. The molecule has 0 aliphatic heterocycles. The quantitative estimate of drug-likeness (QED) is 0.510. The molecule has 0 unspecified atom stereocenters. The SMILES string of the molecule is O=C(CSc1nnc(-c2ccc(Cl)cc2)o1)NNC(=O)c1cccs1. The zero-order valence-corrected chi connectivity index (χ0v) is 15.0. The van der Waals surface area contributed by atoms with Crippen LogP contribution in [-0.4, -0.2) is 27.8 Å². The average Bonchev–Trinajstić information content (AvgIpc) is 3.30. The van der Waals surface area contributed by atoms with E-state index in [9.17, 15) is 9.59 Å². The van der Waals surface area contributed by atoms with Gasteiger partial charge in [-0.25, -0.2) is 0 Å². The monoisotopic (exact) mass is 394 g/mol. The van der Waals surface area contributed by atoms with Gasteiger partial charge in [0, 0.05) is 10.6 Å². The van der Waals surface area contributed by atoms with Gasteiger partial charge in [-0.05, 0) is 35.7 Å². The number of thiophene rings is 1. The Bertz CT molecular complexity index is 865. The van der Waals surface area contributed by atoms with E-state index in [-0.39, 0.29) is 22.8 Å². The lowest BCUT2D eigenvalue weighted by molar-refractivity contribution is -0.119. The second-order valence-corrected chi connectivity index (χ2v) is 6.96. The summed E-state index contributed by atoms with van der Waals surface area (Å²) in [4.78, 5) is 24.0. The molecule has 3 aromatic rings. The van der Waals surface area contributed by atoms with E-state index in [0.29, 0.717) is 15.8 Å². The van der Waals surface area contributed by atoms with Crippen LogP contribution in [0, 0.1) is 0 Å². The topological polar surface area (TPSA) is 97.1 Å². The van der Waals surface area contributed by atoms with Crippen molar-refractivity contribution in [3.8, 4) is 11.5 Å². The van der Waals surface area contributed by atoms with Crippen molar-refractivity contribution in [1.82, 2.24) is 21.0 Å². The number of rotatable bonds is 5. The first-order valence-electron chi connectivity index (χ1n) is 6.97. The van der Waals surface area contributed by atoms with Crippen molar-refractivity contribution in [2.45, 2.75) is 5.22 Å². The molecule has 2 heterocycles. The summed E-state index contributed by atoms with van der Waals surface area (Å²) in [5.74, 6) is -0.393. The normalized spacial score (nSPS) is 10.4. The number of nitrogens with one attached hydrogen (secondary N) is 2. The number of benzene rings is 1. The molecular formula is C15H11ClN4O3S2. The molecule has 0 radical (unpaired) electrons. The van der Waals surface area contributed by atoms with Gasteiger partial charge in [0.25, 0.3) is 11.1 Å². The third-order valence-electron chi connectivity index (χ3n) is 2.88. The zero-order valence-electron chi connectivity index (χ0n) is 12.6. The van der Waals surface area contributed by atoms with Gasteiger partial charge < -0.3 is 4.42 Å². The number of halogens is 1. The second kappa shape index (κ2) is 8.15. The Morgan fingerprint density at radius 1 is 1.16 bits per heavy atom. The van der Waals surface area contributed by atoms with E-state index in [1.807, 2.05) is 0 Å². The van der Waals surface area contributed by atoms with Crippen LogP contribution in [0.25, 0.3) is 11.5 Å². The number of carbonyl (C=O) groups is 2. The first kappa shape index (κ1) is 17.5. The summed E-state index contributed by atoms with van der Waals surface area (Å²) in [7, 11) is 0. The fourth-order valence-corrected chi connectivity index (χ4v) is 3.04. The molecule has 128 valence electrons. The Kier molecular flexibility index (Phi) is 5.69. The zero-order chi connectivity index (χ0) is 17.6. The van der Waals surface area contributed by atoms with Crippen molar-refractivity contribution in [1.29, 1.82) is 0 Å². The molecule has 3 rings (SSSR count). The van der Waals surface area contributed by atoms with E-state index in [1.165, 1.54) is 11.3 Å². The third kappa shape index (κ3) is 4.81. The third-order valence-corrected chi connectivity index (χ3v) is 4.82. The van der Waals surface area contributed by atoms with Crippen molar-refractivity contribution in [3.05, 3.63) is 51.7 Å². The van der Waals surface area contributed by atoms with Crippen LogP contribution in [0.5, 0.6) is 0 Å². The predicted octanol–water partition coefficient (Wildman–Crippen LogP) is 3.00. The van der Waals surface area contributed by atoms with Gasteiger partial charge in [-0.1, -0.05) is 29.4 Å². The van der Waals surface area contributed by atoms with Crippen molar-refractivity contribution in [3.63, 3.8) is 0 Å². The van der Waals surface area contributed by atoms with E-state index >= 15 is 0 Å². The highest BCUT2D eigenvalue weighted by Gasteiger charge is 2.12. The van der Waals surface area contributed by atoms with Crippen LogP contribution < -0.4 is 10.9 Å². The maximum atomic E-state index is 11.8. The Morgan fingerprint density at radius 3 is 2.68 bits per heavy atom. The molecule has 25 heavy (non-hydrogen) atoms. The standard InChI is InChI=1S/C15H11ClN4O3S2/c16-10-5-3-9(4-6-10)14-19-20-15(23-14)25-8-12(21)17-18-13(22)11-2-1-7-24-11/h1-7H,8H2,(H,17,21)(H,18,22). The Morgan fingerprint density at radius 2 is 1.96 bits per heavy atom. The smallest absolute Gasteiger partial charge is 0.279 e. The number of hydrazine groups is 1. The molecule has 2 amide bonds. The summed E-state index contributed by atoms with van der Waals surface area (Å²) >= 11 is 8.18. The molecule has 0 fully saturated rings. The molecule has 2 aromatic heterocycles. The Hall–Kier alpha value is -2.36. The maximum Gasteiger partial charge on any atom is 0.279 e. The van der Waals surface area contributed by atoms with Gasteiger partial charge in [-0.2, -0.15) is 0 Å². The highest BCUT2D eigenvalue weighted by molar-refractivity contribution is 7.99. The lowest BCUT2D eigenvalue weighted by Crippen LogP contribution is -2.42.